The van der Waals surface area contributed by atoms with Gasteiger partial charge in [0.1, 0.15) is 11.6 Å². The molecule has 5 heteroatoms. The Kier molecular flexibility index (Phi) is 3.46. The Morgan fingerprint density at radius 3 is 2.87 bits per heavy atom. The number of methoxy groups -OCH3 is 1. The first-order valence-corrected chi connectivity index (χ1v) is 7.88. The lowest BCUT2D eigenvalue weighted by Gasteiger charge is -2.07. The molecule has 2 N–H and O–H groups in total. The molecule has 0 fully saturated rings. The minimum atomic E-state index is 0.716. The molecule has 4 rings (SSSR count). The Bertz CT molecular complexity index is 914. The average molecular weight is 326 g/mol. The first-order chi connectivity index (χ1) is 11.3. The van der Waals surface area contributed by atoms with Gasteiger partial charge >= 0.3 is 0 Å². The van der Waals surface area contributed by atoms with Crippen LogP contribution < -0.4 is 10.1 Å². The number of aromatic amines is 1. The van der Waals surface area contributed by atoms with Crippen LogP contribution >= 0.6 is 11.6 Å². The van der Waals surface area contributed by atoms with E-state index in [-0.39, 0.29) is 0 Å². The highest BCUT2D eigenvalue weighted by Crippen LogP contribution is 2.33. The minimum absolute atomic E-state index is 0.716. The van der Waals surface area contributed by atoms with Crippen LogP contribution in [0.3, 0.4) is 0 Å². The predicted molar refractivity (Wildman–Crippen MR) is 94.7 cm³/mol. The molecular weight excluding hydrogens is 310 g/mol. The molecule has 3 aromatic rings. The molecule has 0 spiro atoms. The van der Waals surface area contributed by atoms with Crippen LogP contribution in [0, 0.1) is 0 Å². The third-order valence-electron chi connectivity index (χ3n) is 4.03. The molecule has 0 saturated heterocycles. The SMILES string of the molecule is COc1cccc(-c2[nH]c3ccc(Cl)cc3c2C2=NCCN2)c1. The van der Waals surface area contributed by atoms with Crippen molar-refractivity contribution < 1.29 is 4.74 Å². The number of ether oxygens (including phenoxy) is 1. The van der Waals surface area contributed by atoms with Crippen LogP contribution in [0.15, 0.2) is 47.5 Å². The van der Waals surface area contributed by atoms with E-state index in [0.717, 1.165) is 52.4 Å². The van der Waals surface area contributed by atoms with E-state index in [0.29, 0.717) is 5.02 Å². The largest absolute Gasteiger partial charge is 0.497 e. The fraction of sp³-hybridized carbons (Fsp3) is 0.167. The van der Waals surface area contributed by atoms with Crippen LogP contribution in [0.5, 0.6) is 5.75 Å². The van der Waals surface area contributed by atoms with Crippen molar-refractivity contribution >= 4 is 28.3 Å². The summed E-state index contributed by atoms with van der Waals surface area (Å²) >= 11 is 6.21. The van der Waals surface area contributed by atoms with E-state index in [1.54, 1.807) is 7.11 Å². The van der Waals surface area contributed by atoms with Crippen LogP contribution in [-0.4, -0.2) is 31.0 Å². The second-order valence-corrected chi connectivity index (χ2v) is 5.89. The number of rotatable bonds is 3. The van der Waals surface area contributed by atoms with Gasteiger partial charge < -0.3 is 15.0 Å². The Labute approximate surface area is 139 Å². The van der Waals surface area contributed by atoms with E-state index in [1.807, 2.05) is 36.4 Å². The summed E-state index contributed by atoms with van der Waals surface area (Å²) in [5.41, 5.74) is 4.18. The molecule has 0 radical (unpaired) electrons. The summed E-state index contributed by atoms with van der Waals surface area (Å²) in [7, 11) is 1.67. The van der Waals surface area contributed by atoms with Gasteiger partial charge in [0.2, 0.25) is 0 Å². The number of fused-ring (bicyclic) bond motifs is 1. The van der Waals surface area contributed by atoms with Crippen molar-refractivity contribution in [2.75, 3.05) is 20.2 Å². The number of hydrogen-bond acceptors (Lipinski definition) is 3. The number of hydrogen-bond donors (Lipinski definition) is 2. The molecule has 1 aliphatic rings. The zero-order valence-electron chi connectivity index (χ0n) is 12.7. The second-order valence-electron chi connectivity index (χ2n) is 5.45. The monoisotopic (exact) mass is 325 g/mol. The first kappa shape index (κ1) is 14.2. The van der Waals surface area contributed by atoms with Crippen LogP contribution in [-0.2, 0) is 0 Å². The van der Waals surface area contributed by atoms with Gasteiger partial charge in [0, 0.05) is 33.6 Å². The van der Waals surface area contributed by atoms with Crippen molar-refractivity contribution in [3.05, 3.63) is 53.1 Å². The summed E-state index contributed by atoms with van der Waals surface area (Å²) in [6, 6.07) is 13.9. The van der Waals surface area contributed by atoms with Crippen LogP contribution in [0.2, 0.25) is 5.02 Å². The third kappa shape index (κ3) is 2.45. The number of aliphatic imine (C=N–C) groups is 1. The number of halogens is 1. The summed E-state index contributed by atoms with van der Waals surface area (Å²) < 4.78 is 5.35. The first-order valence-electron chi connectivity index (χ1n) is 7.50. The summed E-state index contributed by atoms with van der Waals surface area (Å²) in [4.78, 5) is 8.10. The summed E-state index contributed by atoms with van der Waals surface area (Å²) in [5.74, 6) is 1.74. The molecule has 4 nitrogen and oxygen atoms in total. The fourth-order valence-electron chi connectivity index (χ4n) is 2.97. The van der Waals surface area contributed by atoms with Crippen LogP contribution in [0.1, 0.15) is 5.56 Å². The molecule has 0 amide bonds. The highest BCUT2D eigenvalue weighted by Gasteiger charge is 2.20. The number of amidine groups is 1. The number of benzene rings is 2. The quantitative estimate of drug-likeness (QED) is 0.768. The molecular formula is C18H16ClN3O. The molecule has 2 heterocycles. The van der Waals surface area contributed by atoms with Crippen molar-refractivity contribution in [2.45, 2.75) is 0 Å². The maximum atomic E-state index is 6.21. The Balaban J connectivity index is 1.99. The number of nitrogens with one attached hydrogen (secondary N) is 2. The van der Waals surface area contributed by atoms with Gasteiger partial charge in [-0.1, -0.05) is 23.7 Å². The average Bonchev–Trinajstić information content (AvgIpc) is 3.21. The van der Waals surface area contributed by atoms with Gasteiger partial charge in [-0.25, -0.2) is 0 Å². The topological polar surface area (TPSA) is 49.4 Å². The predicted octanol–water partition coefficient (Wildman–Crippen LogP) is 3.85. The van der Waals surface area contributed by atoms with E-state index in [4.69, 9.17) is 16.3 Å². The van der Waals surface area contributed by atoms with Gasteiger partial charge in [-0.05, 0) is 30.3 Å². The maximum absolute atomic E-state index is 6.21. The molecule has 0 aliphatic carbocycles. The summed E-state index contributed by atoms with van der Waals surface area (Å²) in [6.07, 6.45) is 0. The van der Waals surface area contributed by atoms with Gasteiger partial charge in [0.15, 0.2) is 0 Å². The molecule has 0 unspecified atom stereocenters. The molecule has 0 bridgehead atoms. The zero-order valence-corrected chi connectivity index (χ0v) is 13.4. The van der Waals surface area contributed by atoms with Crippen LogP contribution in [0.4, 0.5) is 0 Å². The van der Waals surface area contributed by atoms with E-state index >= 15 is 0 Å². The zero-order chi connectivity index (χ0) is 15.8. The Morgan fingerprint density at radius 1 is 1.17 bits per heavy atom. The van der Waals surface area contributed by atoms with Crippen molar-refractivity contribution in [1.82, 2.24) is 10.3 Å². The number of aromatic nitrogens is 1. The lowest BCUT2D eigenvalue weighted by atomic mass is 10.0. The summed E-state index contributed by atoms with van der Waals surface area (Å²) in [5, 5.41) is 5.15. The van der Waals surface area contributed by atoms with Gasteiger partial charge in [-0.2, -0.15) is 0 Å². The second kappa shape index (κ2) is 5.63. The van der Waals surface area contributed by atoms with E-state index in [1.165, 1.54) is 0 Å². The lowest BCUT2D eigenvalue weighted by Crippen LogP contribution is -2.19. The molecule has 116 valence electrons. The smallest absolute Gasteiger partial charge is 0.131 e. The van der Waals surface area contributed by atoms with Crippen molar-refractivity contribution in [3.8, 4) is 17.0 Å². The van der Waals surface area contributed by atoms with E-state index < -0.39 is 0 Å². The molecule has 1 aliphatic heterocycles. The molecule has 0 saturated carbocycles. The summed E-state index contributed by atoms with van der Waals surface area (Å²) in [6.45, 7) is 1.65. The van der Waals surface area contributed by atoms with Gasteiger partial charge in [-0.3, -0.25) is 4.99 Å². The normalized spacial score (nSPS) is 13.9. The van der Waals surface area contributed by atoms with Gasteiger partial charge in [0.05, 0.1) is 19.3 Å². The third-order valence-corrected chi connectivity index (χ3v) is 4.27. The Morgan fingerprint density at radius 2 is 2.09 bits per heavy atom. The van der Waals surface area contributed by atoms with E-state index in [9.17, 15) is 0 Å². The molecule has 2 aromatic carbocycles. The molecule has 0 atom stereocenters. The van der Waals surface area contributed by atoms with Gasteiger partial charge in [-0.15, -0.1) is 0 Å². The maximum Gasteiger partial charge on any atom is 0.131 e. The van der Waals surface area contributed by atoms with E-state index in [2.05, 4.69) is 21.4 Å². The Hall–Kier alpha value is -2.46. The van der Waals surface area contributed by atoms with Crippen molar-refractivity contribution in [1.29, 1.82) is 0 Å². The molecule has 1 aromatic heterocycles. The van der Waals surface area contributed by atoms with Crippen LogP contribution in [0.25, 0.3) is 22.2 Å². The fourth-order valence-corrected chi connectivity index (χ4v) is 3.14. The van der Waals surface area contributed by atoms with Crippen molar-refractivity contribution in [2.24, 2.45) is 4.99 Å². The van der Waals surface area contributed by atoms with Gasteiger partial charge in [0.25, 0.3) is 0 Å². The van der Waals surface area contributed by atoms with Crippen molar-refractivity contribution in [3.63, 3.8) is 0 Å². The lowest BCUT2D eigenvalue weighted by molar-refractivity contribution is 0.415. The number of nitrogens with zero attached hydrogens (tertiary/aromatic N) is 1. The molecule has 23 heavy (non-hydrogen) atoms. The highest BCUT2D eigenvalue weighted by molar-refractivity contribution is 6.31. The minimum Gasteiger partial charge on any atom is -0.497 e. The standard InChI is InChI=1S/C18H16ClN3O/c1-23-13-4-2-3-11(9-13)17-16(18-20-7-8-21-18)14-10-12(19)5-6-15(14)22-17/h2-6,9-10,22H,7-8H2,1H3,(H,20,21). The number of H-pyrrole nitrogens is 1. The highest BCUT2D eigenvalue weighted by atomic mass is 35.5.